The summed E-state index contributed by atoms with van der Waals surface area (Å²) in [5.74, 6) is 2.19. The van der Waals surface area contributed by atoms with Gasteiger partial charge in [-0.2, -0.15) is 4.98 Å². The summed E-state index contributed by atoms with van der Waals surface area (Å²) in [6.07, 6.45) is 4.83. The molecule has 0 saturated carbocycles. The van der Waals surface area contributed by atoms with Crippen molar-refractivity contribution >= 4 is 16.9 Å². The lowest BCUT2D eigenvalue weighted by atomic mass is 10.3. The molecule has 7 nitrogen and oxygen atoms in total. The number of aromatic nitrogens is 5. The maximum atomic E-state index is 5.13. The topological polar surface area (TPSA) is 92.5 Å². The van der Waals surface area contributed by atoms with Crippen molar-refractivity contribution in [3.8, 4) is 0 Å². The molecule has 0 bridgehead atoms. The van der Waals surface area contributed by atoms with E-state index in [2.05, 4.69) is 30.4 Å². The molecule has 0 amide bonds. The lowest BCUT2D eigenvalue weighted by molar-refractivity contribution is 0.375. The molecular weight excluding hydrogens is 244 g/mol. The lowest BCUT2D eigenvalue weighted by Crippen LogP contribution is -2.07. The summed E-state index contributed by atoms with van der Waals surface area (Å²) in [7, 11) is 0. The molecule has 0 aliphatic carbocycles. The summed E-state index contributed by atoms with van der Waals surface area (Å²) in [6, 6.07) is 1.94. The highest BCUT2D eigenvalue weighted by Gasteiger charge is 2.06. The molecule has 3 heterocycles. The highest BCUT2D eigenvalue weighted by Crippen LogP contribution is 2.17. The third-order valence-electron chi connectivity index (χ3n) is 2.81. The van der Waals surface area contributed by atoms with Gasteiger partial charge < -0.3 is 14.8 Å². The fourth-order valence-electron chi connectivity index (χ4n) is 1.84. The fourth-order valence-corrected chi connectivity index (χ4v) is 1.84. The Morgan fingerprint density at radius 3 is 3.16 bits per heavy atom. The van der Waals surface area contributed by atoms with Crippen LogP contribution in [0.4, 0.5) is 5.82 Å². The predicted octanol–water partition coefficient (Wildman–Crippen LogP) is 1.56. The molecule has 0 fully saturated rings. The molecule has 3 aromatic rings. The first-order valence-electron chi connectivity index (χ1n) is 6.20. The van der Waals surface area contributed by atoms with Crippen LogP contribution in [0.25, 0.3) is 11.0 Å². The maximum Gasteiger partial charge on any atom is 0.228 e. The standard InChI is InChI=1S/C12H14N6O/c1-2-9-17-10(19-18-9)4-6-14-12-8-3-5-13-11(8)15-7-16-12/h3,5,7H,2,4,6H2,1H3,(H2,13,14,15,16). The Morgan fingerprint density at radius 2 is 2.32 bits per heavy atom. The van der Waals surface area contributed by atoms with Crippen molar-refractivity contribution in [1.82, 2.24) is 25.1 Å². The second-order valence-corrected chi connectivity index (χ2v) is 4.10. The van der Waals surface area contributed by atoms with Crippen LogP contribution in [-0.2, 0) is 12.8 Å². The van der Waals surface area contributed by atoms with E-state index < -0.39 is 0 Å². The zero-order chi connectivity index (χ0) is 13.1. The van der Waals surface area contributed by atoms with E-state index in [1.807, 2.05) is 19.2 Å². The van der Waals surface area contributed by atoms with E-state index in [1.165, 1.54) is 6.33 Å². The van der Waals surface area contributed by atoms with Gasteiger partial charge in [0.15, 0.2) is 5.82 Å². The summed E-state index contributed by atoms with van der Waals surface area (Å²) in [5.41, 5.74) is 0.823. The number of anilines is 1. The van der Waals surface area contributed by atoms with E-state index in [-0.39, 0.29) is 0 Å². The molecule has 0 aromatic carbocycles. The average Bonchev–Trinajstić information content (AvgIpc) is 3.07. The zero-order valence-electron chi connectivity index (χ0n) is 10.6. The Balaban J connectivity index is 1.64. The minimum Gasteiger partial charge on any atom is -0.369 e. The van der Waals surface area contributed by atoms with Crippen molar-refractivity contribution in [3.05, 3.63) is 30.3 Å². The molecule has 19 heavy (non-hydrogen) atoms. The average molecular weight is 258 g/mol. The van der Waals surface area contributed by atoms with Gasteiger partial charge >= 0.3 is 0 Å². The number of rotatable bonds is 5. The summed E-state index contributed by atoms with van der Waals surface area (Å²) >= 11 is 0. The Kier molecular flexibility index (Phi) is 3.09. The largest absolute Gasteiger partial charge is 0.369 e. The number of H-pyrrole nitrogens is 1. The van der Waals surface area contributed by atoms with Crippen molar-refractivity contribution < 1.29 is 4.52 Å². The highest BCUT2D eigenvalue weighted by molar-refractivity contribution is 5.86. The van der Waals surface area contributed by atoms with Gasteiger partial charge in [-0.15, -0.1) is 0 Å². The van der Waals surface area contributed by atoms with Crippen molar-refractivity contribution in [3.63, 3.8) is 0 Å². The normalized spacial score (nSPS) is 11.0. The Bertz CT molecular complexity index is 673. The monoisotopic (exact) mass is 258 g/mol. The number of nitrogens with zero attached hydrogens (tertiary/aromatic N) is 4. The van der Waals surface area contributed by atoms with E-state index in [4.69, 9.17) is 4.52 Å². The van der Waals surface area contributed by atoms with Crippen molar-refractivity contribution in [2.24, 2.45) is 0 Å². The van der Waals surface area contributed by atoms with Gasteiger partial charge in [0.2, 0.25) is 5.89 Å². The second-order valence-electron chi connectivity index (χ2n) is 4.10. The van der Waals surface area contributed by atoms with Crippen LogP contribution in [-0.4, -0.2) is 31.6 Å². The minimum absolute atomic E-state index is 0.642. The smallest absolute Gasteiger partial charge is 0.228 e. The van der Waals surface area contributed by atoms with E-state index >= 15 is 0 Å². The molecule has 7 heteroatoms. The summed E-state index contributed by atoms with van der Waals surface area (Å²) < 4.78 is 5.13. The van der Waals surface area contributed by atoms with E-state index in [9.17, 15) is 0 Å². The number of fused-ring (bicyclic) bond motifs is 1. The van der Waals surface area contributed by atoms with Crippen LogP contribution < -0.4 is 5.32 Å². The van der Waals surface area contributed by atoms with Crippen LogP contribution in [0.15, 0.2) is 23.1 Å². The maximum absolute atomic E-state index is 5.13. The first kappa shape index (κ1) is 11.6. The summed E-state index contributed by atoms with van der Waals surface area (Å²) in [6.45, 7) is 2.68. The molecule has 98 valence electrons. The fraction of sp³-hybridized carbons (Fsp3) is 0.333. The van der Waals surface area contributed by atoms with Crippen LogP contribution in [0, 0.1) is 0 Å². The molecule has 0 unspecified atom stereocenters. The third kappa shape index (κ3) is 2.40. The van der Waals surface area contributed by atoms with E-state index in [1.54, 1.807) is 0 Å². The van der Waals surface area contributed by atoms with Gasteiger partial charge in [0.25, 0.3) is 0 Å². The van der Waals surface area contributed by atoms with Gasteiger partial charge in [-0.1, -0.05) is 12.1 Å². The Labute approximate surface area is 109 Å². The minimum atomic E-state index is 0.642. The number of aryl methyl sites for hydroxylation is 1. The van der Waals surface area contributed by atoms with Crippen LogP contribution in [0.1, 0.15) is 18.6 Å². The molecule has 0 aliphatic rings. The number of aromatic amines is 1. The zero-order valence-corrected chi connectivity index (χ0v) is 10.6. The summed E-state index contributed by atoms with van der Waals surface area (Å²) in [5, 5.41) is 8.08. The molecule has 0 saturated heterocycles. The molecule has 3 aromatic heterocycles. The number of nitrogens with one attached hydrogen (secondary N) is 2. The quantitative estimate of drug-likeness (QED) is 0.721. The van der Waals surface area contributed by atoms with Crippen LogP contribution in [0.2, 0.25) is 0 Å². The summed E-state index contributed by atoms with van der Waals surface area (Å²) in [4.78, 5) is 15.7. The van der Waals surface area contributed by atoms with E-state index in [0.29, 0.717) is 18.9 Å². The van der Waals surface area contributed by atoms with Crippen LogP contribution in [0.3, 0.4) is 0 Å². The van der Waals surface area contributed by atoms with Crippen molar-refractivity contribution in [1.29, 1.82) is 0 Å². The van der Waals surface area contributed by atoms with Crippen LogP contribution >= 0.6 is 0 Å². The molecule has 0 aliphatic heterocycles. The molecular formula is C12H14N6O. The van der Waals surface area contributed by atoms with Crippen molar-refractivity contribution in [2.45, 2.75) is 19.8 Å². The van der Waals surface area contributed by atoms with Gasteiger partial charge in [-0.3, -0.25) is 0 Å². The van der Waals surface area contributed by atoms with Gasteiger partial charge in [-0.05, 0) is 6.07 Å². The predicted molar refractivity (Wildman–Crippen MR) is 69.8 cm³/mol. The highest BCUT2D eigenvalue weighted by atomic mass is 16.5. The molecule has 0 radical (unpaired) electrons. The van der Waals surface area contributed by atoms with Gasteiger partial charge in [-0.25, -0.2) is 9.97 Å². The van der Waals surface area contributed by atoms with Crippen molar-refractivity contribution in [2.75, 3.05) is 11.9 Å². The number of hydrogen-bond acceptors (Lipinski definition) is 6. The number of hydrogen-bond donors (Lipinski definition) is 2. The Morgan fingerprint density at radius 1 is 1.37 bits per heavy atom. The van der Waals surface area contributed by atoms with Gasteiger partial charge in [0.05, 0.1) is 5.39 Å². The second kappa shape index (κ2) is 5.05. The molecule has 0 atom stereocenters. The lowest BCUT2D eigenvalue weighted by Gasteiger charge is -2.03. The van der Waals surface area contributed by atoms with E-state index in [0.717, 1.165) is 29.1 Å². The first-order chi connectivity index (χ1) is 9.36. The first-order valence-corrected chi connectivity index (χ1v) is 6.20. The van der Waals surface area contributed by atoms with Crippen LogP contribution in [0.5, 0.6) is 0 Å². The molecule has 3 rings (SSSR count). The Hall–Kier alpha value is -2.44. The van der Waals surface area contributed by atoms with Gasteiger partial charge in [0.1, 0.15) is 17.8 Å². The van der Waals surface area contributed by atoms with Gasteiger partial charge in [0, 0.05) is 25.6 Å². The SMILES string of the molecule is CCc1noc(CCNc2ncnc3[nH]ccc23)n1. The third-order valence-corrected chi connectivity index (χ3v) is 2.81. The molecule has 0 spiro atoms. The molecule has 2 N–H and O–H groups in total.